The summed E-state index contributed by atoms with van der Waals surface area (Å²) in [4.78, 5) is 0. The summed E-state index contributed by atoms with van der Waals surface area (Å²) in [5, 5.41) is 9.33. The molecule has 3 nitrogen and oxygen atoms in total. The minimum Gasteiger partial charge on any atom is -0.496 e. The Balaban J connectivity index is 0.00000256. The van der Waals surface area contributed by atoms with Gasteiger partial charge in [-0.3, -0.25) is 0 Å². The van der Waals surface area contributed by atoms with Crippen LogP contribution in [0.3, 0.4) is 0 Å². The van der Waals surface area contributed by atoms with Gasteiger partial charge in [0.2, 0.25) is 0 Å². The first-order chi connectivity index (χ1) is 7.42. The summed E-state index contributed by atoms with van der Waals surface area (Å²) in [6, 6.07) is 5.43. The number of halogens is 2. The molecular weight excluding hydrogens is 305 g/mol. The van der Waals surface area contributed by atoms with Crippen molar-refractivity contribution in [3.63, 3.8) is 0 Å². The van der Waals surface area contributed by atoms with E-state index in [0.29, 0.717) is 0 Å². The summed E-state index contributed by atoms with van der Waals surface area (Å²) in [5.41, 5.74) is 6.69. The van der Waals surface area contributed by atoms with Crippen LogP contribution in [0, 0.1) is 5.41 Å². The molecule has 1 aromatic carbocycles. The van der Waals surface area contributed by atoms with Crippen LogP contribution in [-0.2, 0) is 0 Å². The van der Waals surface area contributed by atoms with E-state index in [4.69, 9.17) is 10.5 Å². The topological polar surface area (TPSA) is 55.5 Å². The summed E-state index contributed by atoms with van der Waals surface area (Å²) < 4.78 is 6.23. The van der Waals surface area contributed by atoms with Crippen LogP contribution in [0.1, 0.15) is 25.5 Å². The molecule has 1 rings (SSSR count). The van der Waals surface area contributed by atoms with Crippen LogP contribution in [0.4, 0.5) is 0 Å². The van der Waals surface area contributed by atoms with Gasteiger partial charge in [0.1, 0.15) is 5.75 Å². The Kier molecular flexibility index (Phi) is 6.48. The average molecular weight is 325 g/mol. The highest BCUT2D eigenvalue weighted by molar-refractivity contribution is 9.10. The summed E-state index contributed by atoms with van der Waals surface area (Å²) in [6.07, 6.45) is 0. The van der Waals surface area contributed by atoms with E-state index in [9.17, 15) is 5.11 Å². The van der Waals surface area contributed by atoms with Gasteiger partial charge < -0.3 is 15.6 Å². The molecular formula is C12H19BrClNO2. The number of rotatable bonds is 4. The first-order valence-corrected chi connectivity index (χ1v) is 5.91. The second-order valence-electron chi connectivity index (χ2n) is 4.51. The smallest absolute Gasteiger partial charge is 0.123 e. The molecule has 0 aromatic heterocycles. The first-order valence-electron chi connectivity index (χ1n) is 5.12. The molecule has 0 amide bonds. The van der Waals surface area contributed by atoms with E-state index in [2.05, 4.69) is 15.9 Å². The van der Waals surface area contributed by atoms with E-state index >= 15 is 0 Å². The molecule has 1 atom stereocenters. The molecule has 5 heteroatoms. The van der Waals surface area contributed by atoms with Gasteiger partial charge >= 0.3 is 0 Å². The molecule has 1 aromatic rings. The minimum atomic E-state index is -0.381. The predicted molar refractivity (Wildman–Crippen MR) is 75.7 cm³/mol. The van der Waals surface area contributed by atoms with E-state index in [1.54, 1.807) is 7.11 Å². The Morgan fingerprint density at radius 3 is 2.53 bits per heavy atom. The van der Waals surface area contributed by atoms with Crippen molar-refractivity contribution in [3.05, 3.63) is 28.2 Å². The van der Waals surface area contributed by atoms with Gasteiger partial charge in [-0.2, -0.15) is 0 Å². The minimum absolute atomic E-state index is 0. The van der Waals surface area contributed by atoms with Crippen LogP contribution in [-0.4, -0.2) is 18.8 Å². The zero-order valence-corrected chi connectivity index (χ0v) is 12.6. The highest BCUT2D eigenvalue weighted by Crippen LogP contribution is 2.36. The third-order valence-corrected chi connectivity index (χ3v) is 3.27. The first kappa shape index (κ1) is 16.7. The molecule has 0 spiro atoms. The second-order valence-corrected chi connectivity index (χ2v) is 5.43. The van der Waals surface area contributed by atoms with Crippen LogP contribution in [0.25, 0.3) is 0 Å². The van der Waals surface area contributed by atoms with Gasteiger partial charge in [0.05, 0.1) is 7.11 Å². The average Bonchev–Trinajstić information content (AvgIpc) is 2.28. The van der Waals surface area contributed by atoms with Gasteiger partial charge in [0, 0.05) is 28.1 Å². The molecule has 0 radical (unpaired) electrons. The van der Waals surface area contributed by atoms with Crippen LogP contribution in [0.5, 0.6) is 5.75 Å². The lowest BCUT2D eigenvalue weighted by atomic mass is 9.81. The van der Waals surface area contributed by atoms with Crippen molar-refractivity contribution in [1.29, 1.82) is 0 Å². The lowest BCUT2D eigenvalue weighted by Gasteiger charge is -2.30. The van der Waals surface area contributed by atoms with Gasteiger partial charge in [-0.1, -0.05) is 29.8 Å². The molecule has 0 aliphatic heterocycles. The number of aliphatic hydroxyl groups excluding tert-OH is 1. The molecule has 0 aliphatic rings. The fraction of sp³-hybridized carbons (Fsp3) is 0.500. The zero-order chi connectivity index (χ0) is 12.3. The maximum absolute atomic E-state index is 9.33. The van der Waals surface area contributed by atoms with Crippen molar-refractivity contribution in [2.45, 2.75) is 19.9 Å². The van der Waals surface area contributed by atoms with Gasteiger partial charge in [0.25, 0.3) is 0 Å². The van der Waals surface area contributed by atoms with Crippen molar-refractivity contribution in [2.75, 3.05) is 13.7 Å². The Labute approximate surface area is 117 Å². The van der Waals surface area contributed by atoms with E-state index in [1.807, 2.05) is 32.0 Å². The molecule has 3 N–H and O–H groups in total. The number of ether oxygens (including phenoxy) is 1. The zero-order valence-electron chi connectivity index (χ0n) is 10.2. The van der Waals surface area contributed by atoms with Gasteiger partial charge in [0.15, 0.2) is 0 Å². The van der Waals surface area contributed by atoms with Crippen molar-refractivity contribution in [1.82, 2.24) is 0 Å². The molecule has 0 heterocycles. The van der Waals surface area contributed by atoms with Crippen LogP contribution >= 0.6 is 28.3 Å². The molecule has 0 aliphatic carbocycles. The highest BCUT2D eigenvalue weighted by atomic mass is 79.9. The number of benzene rings is 1. The summed E-state index contributed by atoms with van der Waals surface area (Å²) >= 11 is 3.41. The highest BCUT2D eigenvalue weighted by Gasteiger charge is 2.29. The van der Waals surface area contributed by atoms with Crippen LogP contribution in [0.2, 0.25) is 0 Å². The number of nitrogens with two attached hydrogens (primary N) is 1. The largest absolute Gasteiger partial charge is 0.496 e. The molecule has 0 unspecified atom stereocenters. The van der Waals surface area contributed by atoms with Crippen LogP contribution < -0.4 is 10.5 Å². The Morgan fingerprint density at radius 2 is 2.06 bits per heavy atom. The van der Waals surface area contributed by atoms with Crippen molar-refractivity contribution >= 4 is 28.3 Å². The summed E-state index contributed by atoms with van der Waals surface area (Å²) in [5.74, 6) is 0.747. The molecule has 0 fully saturated rings. The molecule has 17 heavy (non-hydrogen) atoms. The quantitative estimate of drug-likeness (QED) is 0.895. The van der Waals surface area contributed by atoms with Gasteiger partial charge in [-0.25, -0.2) is 0 Å². The molecule has 0 bridgehead atoms. The maximum Gasteiger partial charge on any atom is 0.123 e. The monoisotopic (exact) mass is 323 g/mol. The molecule has 98 valence electrons. The summed E-state index contributed by atoms with van der Waals surface area (Å²) in [6.45, 7) is 3.89. The molecule has 0 saturated heterocycles. The van der Waals surface area contributed by atoms with E-state index in [1.165, 1.54) is 0 Å². The van der Waals surface area contributed by atoms with Gasteiger partial charge in [-0.05, 0) is 18.2 Å². The predicted octanol–water partition coefficient (Wildman–Crippen LogP) is 2.90. The Morgan fingerprint density at radius 1 is 1.47 bits per heavy atom. The third-order valence-electron chi connectivity index (χ3n) is 2.78. The van der Waals surface area contributed by atoms with E-state index in [-0.39, 0.29) is 30.5 Å². The number of hydrogen-bond acceptors (Lipinski definition) is 3. The summed E-state index contributed by atoms with van der Waals surface area (Å²) in [7, 11) is 1.62. The van der Waals surface area contributed by atoms with E-state index in [0.717, 1.165) is 15.8 Å². The fourth-order valence-electron chi connectivity index (χ4n) is 1.47. The van der Waals surface area contributed by atoms with Crippen LogP contribution in [0.15, 0.2) is 22.7 Å². The van der Waals surface area contributed by atoms with Crippen molar-refractivity contribution in [2.24, 2.45) is 11.1 Å². The Hall–Kier alpha value is -0.290. The van der Waals surface area contributed by atoms with Gasteiger partial charge in [-0.15, -0.1) is 12.4 Å². The third kappa shape index (κ3) is 3.85. The standard InChI is InChI=1S/C12H18BrNO2.ClH/c1-12(2,7-15)11(14)9-6-8(13)4-5-10(9)16-3;/h4-6,11,15H,7,14H2,1-3H3;1H/t11-;/m0./s1. The lowest BCUT2D eigenvalue weighted by Crippen LogP contribution is -2.32. The number of aliphatic hydroxyl groups is 1. The van der Waals surface area contributed by atoms with E-state index < -0.39 is 0 Å². The number of methoxy groups -OCH3 is 1. The lowest BCUT2D eigenvalue weighted by molar-refractivity contribution is 0.131. The second kappa shape index (κ2) is 6.59. The normalized spacial score (nSPS) is 12.8. The fourth-order valence-corrected chi connectivity index (χ4v) is 1.85. The number of hydrogen-bond donors (Lipinski definition) is 2. The SMILES string of the molecule is COc1ccc(Br)cc1[C@H](N)C(C)(C)CO.Cl. The van der Waals surface area contributed by atoms with Crippen molar-refractivity contribution in [3.8, 4) is 5.75 Å². The Bertz CT molecular complexity index is 372. The molecule has 0 saturated carbocycles. The maximum atomic E-state index is 9.33. The van der Waals surface area contributed by atoms with Crippen molar-refractivity contribution < 1.29 is 9.84 Å².